The minimum absolute atomic E-state index is 0.145. The third-order valence-electron chi connectivity index (χ3n) is 7.18. The number of rotatable bonds is 4. The van der Waals surface area contributed by atoms with E-state index in [1.165, 1.54) is 20.8 Å². The molecule has 7 atom stereocenters. The summed E-state index contributed by atoms with van der Waals surface area (Å²) in [6.07, 6.45) is 2.87. The van der Waals surface area contributed by atoms with Gasteiger partial charge in [-0.05, 0) is 41.0 Å². The van der Waals surface area contributed by atoms with Crippen LogP contribution in [-0.4, -0.2) is 47.3 Å². The Hall–Kier alpha value is -2.64. The van der Waals surface area contributed by atoms with Crippen molar-refractivity contribution in [3.63, 3.8) is 0 Å². The summed E-state index contributed by atoms with van der Waals surface area (Å²) in [6.45, 7) is 11.2. The summed E-state index contributed by atoms with van der Waals surface area (Å²) in [6, 6.07) is 0. The highest BCUT2D eigenvalue weighted by Gasteiger charge is 2.68. The van der Waals surface area contributed by atoms with E-state index in [1.54, 1.807) is 19.9 Å². The molecule has 1 heterocycles. The Bertz CT molecular complexity index is 902. The molecule has 0 aromatic heterocycles. The maximum atomic E-state index is 13.0. The molecular weight excluding hydrogens is 416 g/mol. The van der Waals surface area contributed by atoms with Crippen molar-refractivity contribution in [1.82, 2.24) is 0 Å². The molecular formula is C24H32O8. The Morgan fingerprint density at radius 1 is 1.12 bits per heavy atom. The van der Waals surface area contributed by atoms with Crippen LogP contribution in [0.4, 0.5) is 0 Å². The minimum atomic E-state index is -1.64. The van der Waals surface area contributed by atoms with E-state index in [2.05, 4.69) is 6.08 Å². The Kier molecular flexibility index (Phi) is 6.28. The van der Waals surface area contributed by atoms with Crippen LogP contribution in [0, 0.1) is 17.8 Å². The molecule has 0 N–H and O–H groups in total. The molecule has 0 radical (unpaired) electrons. The van der Waals surface area contributed by atoms with Crippen molar-refractivity contribution in [2.24, 2.45) is 17.8 Å². The van der Waals surface area contributed by atoms with Crippen LogP contribution < -0.4 is 0 Å². The maximum Gasteiger partial charge on any atom is 0.351 e. The fourth-order valence-electron chi connectivity index (χ4n) is 5.65. The van der Waals surface area contributed by atoms with E-state index >= 15 is 0 Å². The summed E-state index contributed by atoms with van der Waals surface area (Å²) < 4.78 is 23.1. The van der Waals surface area contributed by atoms with Crippen LogP contribution in [0.5, 0.6) is 0 Å². The number of allylic oxidation sites excluding steroid dienone is 2. The summed E-state index contributed by atoms with van der Waals surface area (Å²) in [5, 5.41) is 0. The highest BCUT2D eigenvalue weighted by atomic mass is 16.6. The first-order valence-corrected chi connectivity index (χ1v) is 10.9. The Labute approximate surface area is 188 Å². The summed E-state index contributed by atoms with van der Waals surface area (Å²) in [7, 11) is 0. The first-order valence-electron chi connectivity index (χ1n) is 10.9. The molecule has 0 unspecified atom stereocenters. The van der Waals surface area contributed by atoms with Crippen LogP contribution in [-0.2, 0) is 38.1 Å². The van der Waals surface area contributed by atoms with Crippen LogP contribution >= 0.6 is 0 Å². The molecule has 32 heavy (non-hydrogen) atoms. The molecule has 8 heteroatoms. The van der Waals surface area contributed by atoms with Crippen LogP contribution in [0.1, 0.15) is 61.3 Å². The van der Waals surface area contributed by atoms with Gasteiger partial charge in [0.25, 0.3) is 0 Å². The fraction of sp³-hybridized carbons (Fsp3) is 0.667. The lowest BCUT2D eigenvalue weighted by atomic mass is 9.75. The van der Waals surface area contributed by atoms with Crippen molar-refractivity contribution >= 4 is 23.9 Å². The highest BCUT2D eigenvalue weighted by Crippen LogP contribution is 2.55. The van der Waals surface area contributed by atoms with Crippen LogP contribution in [0.15, 0.2) is 23.3 Å². The molecule has 2 fully saturated rings. The fourth-order valence-corrected chi connectivity index (χ4v) is 5.65. The predicted molar refractivity (Wildman–Crippen MR) is 113 cm³/mol. The van der Waals surface area contributed by atoms with Crippen LogP contribution in [0.2, 0.25) is 0 Å². The molecule has 1 aliphatic heterocycles. The zero-order valence-electron chi connectivity index (χ0n) is 19.7. The predicted octanol–water partition coefficient (Wildman–Crippen LogP) is 3.04. The highest BCUT2D eigenvalue weighted by molar-refractivity contribution is 5.88. The van der Waals surface area contributed by atoms with Gasteiger partial charge in [-0.1, -0.05) is 17.7 Å². The molecule has 3 aliphatic rings. The smallest absolute Gasteiger partial charge is 0.351 e. The van der Waals surface area contributed by atoms with Gasteiger partial charge in [0.1, 0.15) is 17.8 Å². The Morgan fingerprint density at radius 3 is 2.31 bits per heavy atom. The van der Waals surface area contributed by atoms with Crippen molar-refractivity contribution in [1.29, 1.82) is 0 Å². The molecule has 3 rings (SSSR count). The first-order chi connectivity index (χ1) is 14.8. The average molecular weight is 449 g/mol. The number of hydrogen-bond acceptors (Lipinski definition) is 8. The SMILES string of the molecule is CC=C(C)C(=O)O[C@H]1C[C@@](C)(OC(C)=O)[C@@H]2CC=C(C)[C@H]2[C@@H]2OC(=O)[C@@](C)(OC(C)=O)[C@@H]21. The van der Waals surface area contributed by atoms with Gasteiger partial charge in [0.15, 0.2) is 0 Å². The third kappa shape index (κ3) is 3.95. The van der Waals surface area contributed by atoms with Crippen molar-refractivity contribution in [3.05, 3.63) is 23.3 Å². The van der Waals surface area contributed by atoms with E-state index in [9.17, 15) is 19.2 Å². The Morgan fingerprint density at radius 2 is 1.75 bits per heavy atom. The van der Waals surface area contributed by atoms with E-state index < -0.39 is 53.2 Å². The van der Waals surface area contributed by atoms with Crippen molar-refractivity contribution in [2.75, 3.05) is 0 Å². The number of carbonyl (C=O) groups excluding carboxylic acids is 4. The second-order valence-electron chi connectivity index (χ2n) is 9.44. The van der Waals surface area contributed by atoms with Crippen molar-refractivity contribution < 1.29 is 38.1 Å². The quantitative estimate of drug-likeness (QED) is 0.280. The molecule has 8 nitrogen and oxygen atoms in total. The number of hydrogen-bond donors (Lipinski definition) is 0. The van der Waals surface area contributed by atoms with Gasteiger partial charge in [-0.2, -0.15) is 0 Å². The van der Waals surface area contributed by atoms with E-state index in [0.717, 1.165) is 5.57 Å². The minimum Gasteiger partial charge on any atom is -0.459 e. The number of carbonyl (C=O) groups is 4. The molecule has 1 saturated heterocycles. The second-order valence-corrected chi connectivity index (χ2v) is 9.44. The topological polar surface area (TPSA) is 105 Å². The number of esters is 4. The van der Waals surface area contributed by atoms with Crippen molar-refractivity contribution in [3.8, 4) is 0 Å². The number of ether oxygens (including phenoxy) is 4. The molecule has 1 saturated carbocycles. The summed E-state index contributed by atoms with van der Waals surface area (Å²) in [5.41, 5.74) is -1.22. The lowest BCUT2D eigenvalue weighted by molar-refractivity contribution is -0.182. The van der Waals surface area contributed by atoms with Gasteiger partial charge in [-0.15, -0.1) is 0 Å². The van der Waals surface area contributed by atoms with Crippen molar-refractivity contribution in [2.45, 2.75) is 84.7 Å². The van der Waals surface area contributed by atoms with E-state index in [1.807, 2.05) is 13.8 Å². The van der Waals surface area contributed by atoms with Gasteiger partial charge < -0.3 is 18.9 Å². The van der Waals surface area contributed by atoms with E-state index in [4.69, 9.17) is 18.9 Å². The van der Waals surface area contributed by atoms with Crippen LogP contribution in [0.3, 0.4) is 0 Å². The molecule has 0 spiro atoms. The Balaban J connectivity index is 2.16. The lowest BCUT2D eigenvalue weighted by Gasteiger charge is -2.38. The zero-order valence-corrected chi connectivity index (χ0v) is 19.7. The average Bonchev–Trinajstić information content (AvgIpc) is 3.14. The monoisotopic (exact) mass is 448 g/mol. The summed E-state index contributed by atoms with van der Waals surface area (Å²) in [5.74, 6) is -3.51. The van der Waals surface area contributed by atoms with Crippen LogP contribution in [0.25, 0.3) is 0 Å². The molecule has 176 valence electrons. The lowest BCUT2D eigenvalue weighted by Crippen LogP contribution is -2.51. The maximum absolute atomic E-state index is 13.0. The molecule has 2 aliphatic carbocycles. The third-order valence-corrected chi connectivity index (χ3v) is 7.18. The van der Waals surface area contributed by atoms with Gasteiger partial charge in [0.05, 0.1) is 5.92 Å². The standard InChI is InChI=1S/C24H32O8/c1-8-12(2)21(27)29-17-11-23(6,31-14(4)25)16-10-9-13(3)18(16)20-19(17)24(7,22(28)30-20)32-15(5)26/h8-9,16-20H,10-11H2,1-7H3/t16-,17+,18-,19-,20+,23-,24+/m1/s1. The van der Waals surface area contributed by atoms with E-state index in [-0.39, 0.29) is 18.3 Å². The summed E-state index contributed by atoms with van der Waals surface area (Å²) >= 11 is 0. The van der Waals surface area contributed by atoms with Gasteiger partial charge in [0.2, 0.25) is 5.60 Å². The summed E-state index contributed by atoms with van der Waals surface area (Å²) in [4.78, 5) is 49.7. The van der Waals surface area contributed by atoms with E-state index in [0.29, 0.717) is 12.0 Å². The first kappa shape index (κ1) is 24.0. The molecule has 0 amide bonds. The molecule has 0 aromatic carbocycles. The van der Waals surface area contributed by atoms with Gasteiger partial charge in [-0.3, -0.25) is 9.59 Å². The second kappa shape index (κ2) is 8.37. The van der Waals surface area contributed by atoms with Gasteiger partial charge in [0, 0.05) is 37.7 Å². The number of fused-ring (bicyclic) bond motifs is 3. The van der Waals surface area contributed by atoms with Gasteiger partial charge >= 0.3 is 23.9 Å². The normalized spacial score (nSPS) is 38.6. The largest absolute Gasteiger partial charge is 0.459 e. The van der Waals surface area contributed by atoms with Gasteiger partial charge in [-0.25, -0.2) is 9.59 Å². The molecule has 0 aromatic rings. The zero-order chi connectivity index (χ0) is 24.0. The molecule has 0 bridgehead atoms.